The number of carbonyl (C=O) groups is 2. The molecule has 6 heteroatoms. The van der Waals surface area contributed by atoms with Crippen molar-refractivity contribution in [2.45, 2.75) is 44.6 Å². The van der Waals surface area contributed by atoms with Gasteiger partial charge in [0.05, 0.1) is 6.54 Å². The van der Waals surface area contributed by atoms with Gasteiger partial charge in [0.1, 0.15) is 0 Å². The topological polar surface area (TPSA) is 84.2 Å². The summed E-state index contributed by atoms with van der Waals surface area (Å²) < 4.78 is 0. The van der Waals surface area contributed by atoms with E-state index in [1.54, 1.807) is 0 Å². The van der Waals surface area contributed by atoms with Gasteiger partial charge in [-0.25, -0.2) is 0 Å². The Kier molecular flexibility index (Phi) is 6.58. The van der Waals surface area contributed by atoms with E-state index >= 15 is 0 Å². The van der Waals surface area contributed by atoms with Gasteiger partial charge in [0.2, 0.25) is 11.8 Å². The second-order valence-electron chi connectivity index (χ2n) is 5.60. The molecule has 19 heavy (non-hydrogen) atoms. The molecule has 0 heterocycles. The molecule has 2 aliphatic carbocycles. The smallest absolute Gasteiger partial charge is 0.234 e. The van der Waals surface area contributed by atoms with E-state index in [-0.39, 0.29) is 36.2 Å². The minimum atomic E-state index is -0.235. The van der Waals surface area contributed by atoms with Crippen molar-refractivity contribution in [1.82, 2.24) is 10.6 Å². The first-order valence-corrected chi connectivity index (χ1v) is 6.94. The number of halogens is 1. The van der Waals surface area contributed by atoms with Crippen LogP contribution < -0.4 is 16.4 Å². The van der Waals surface area contributed by atoms with Gasteiger partial charge in [-0.3, -0.25) is 9.59 Å². The normalized spacial score (nSPS) is 26.3. The first-order chi connectivity index (χ1) is 8.65. The first kappa shape index (κ1) is 16.2. The van der Waals surface area contributed by atoms with Crippen LogP contribution in [0.15, 0.2) is 0 Å². The van der Waals surface area contributed by atoms with Crippen LogP contribution in [-0.2, 0) is 9.59 Å². The van der Waals surface area contributed by atoms with Gasteiger partial charge in [0.15, 0.2) is 0 Å². The third-order valence-electron chi connectivity index (χ3n) is 3.86. The van der Waals surface area contributed by atoms with Crippen molar-refractivity contribution in [3.8, 4) is 0 Å². The third-order valence-corrected chi connectivity index (χ3v) is 3.86. The van der Waals surface area contributed by atoms with Crippen LogP contribution in [-0.4, -0.2) is 30.9 Å². The van der Waals surface area contributed by atoms with Gasteiger partial charge in [-0.05, 0) is 44.6 Å². The Morgan fingerprint density at radius 1 is 1.16 bits per heavy atom. The molecule has 0 aromatic carbocycles. The van der Waals surface area contributed by atoms with Crippen molar-refractivity contribution in [1.29, 1.82) is 0 Å². The summed E-state index contributed by atoms with van der Waals surface area (Å²) in [6.07, 6.45) is 6.06. The summed E-state index contributed by atoms with van der Waals surface area (Å²) in [4.78, 5) is 22.8. The maximum Gasteiger partial charge on any atom is 0.234 e. The molecule has 5 nitrogen and oxygen atoms in total. The summed E-state index contributed by atoms with van der Waals surface area (Å²) in [5, 5.41) is 6.16. The van der Waals surface area contributed by atoms with Crippen LogP contribution in [0, 0.1) is 11.8 Å². The molecule has 0 radical (unpaired) electrons. The number of nitrogens with two attached hydrogens (primary N) is 1. The lowest BCUT2D eigenvalue weighted by Crippen LogP contribution is -2.44. The van der Waals surface area contributed by atoms with E-state index in [9.17, 15) is 9.59 Å². The van der Waals surface area contributed by atoms with Crippen LogP contribution in [0.4, 0.5) is 0 Å². The lowest BCUT2D eigenvalue weighted by atomic mass is 9.85. The molecular formula is C13H24ClN3O2. The number of amides is 2. The van der Waals surface area contributed by atoms with E-state index in [1.165, 1.54) is 12.8 Å². The number of carbonyl (C=O) groups excluding carboxylic acids is 2. The predicted octanol–water partition coefficient (Wildman–Crippen LogP) is 0.568. The van der Waals surface area contributed by atoms with Crippen LogP contribution in [0.25, 0.3) is 0 Å². The van der Waals surface area contributed by atoms with E-state index < -0.39 is 0 Å². The highest BCUT2D eigenvalue weighted by atomic mass is 35.5. The standard InChI is InChI=1S/C13H23N3O2.ClH/c14-13(18)10-2-1-3-11(6-10)16-12(17)8-15-7-9-4-5-9;/h9-11,15H,1-8H2,(H2,14,18)(H,16,17);1H. The molecule has 2 aliphatic rings. The van der Waals surface area contributed by atoms with Gasteiger partial charge in [-0.1, -0.05) is 6.42 Å². The Labute approximate surface area is 120 Å². The Morgan fingerprint density at radius 3 is 2.53 bits per heavy atom. The highest BCUT2D eigenvalue weighted by Gasteiger charge is 2.26. The Bertz CT molecular complexity index is 321. The number of primary amides is 1. The monoisotopic (exact) mass is 289 g/mol. The van der Waals surface area contributed by atoms with Crippen LogP contribution in [0.1, 0.15) is 38.5 Å². The fourth-order valence-corrected chi connectivity index (χ4v) is 2.57. The SMILES string of the molecule is Cl.NC(=O)C1CCCC(NC(=O)CNCC2CC2)C1. The second kappa shape index (κ2) is 7.70. The molecular weight excluding hydrogens is 266 g/mol. The molecule has 0 saturated heterocycles. The van der Waals surface area contributed by atoms with Gasteiger partial charge in [0, 0.05) is 12.0 Å². The van der Waals surface area contributed by atoms with Crippen molar-refractivity contribution < 1.29 is 9.59 Å². The zero-order chi connectivity index (χ0) is 13.0. The molecule has 0 aromatic heterocycles. The minimum absolute atomic E-state index is 0. The lowest BCUT2D eigenvalue weighted by Gasteiger charge is -2.27. The summed E-state index contributed by atoms with van der Waals surface area (Å²) in [5.41, 5.74) is 5.32. The second-order valence-corrected chi connectivity index (χ2v) is 5.60. The highest BCUT2D eigenvalue weighted by Crippen LogP contribution is 2.27. The zero-order valence-electron chi connectivity index (χ0n) is 11.2. The summed E-state index contributed by atoms with van der Waals surface area (Å²) in [6, 6.07) is 0.117. The highest BCUT2D eigenvalue weighted by molar-refractivity contribution is 5.85. The molecule has 2 rings (SSSR count). The Hall–Kier alpha value is -0.810. The van der Waals surface area contributed by atoms with E-state index in [0.29, 0.717) is 13.0 Å². The van der Waals surface area contributed by atoms with Crippen molar-refractivity contribution in [2.24, 2.45) is 17.6 Å². The Morgan fingerprint density at radius 2 is 1.89 bits per heavy atom. The number of nitrogens with one attached hydrogen (secondary N) is 2. The molecule has 4 N–H and O–H groups in total. The zero-order valence-corrected chi connectivity index (χ0v) is 12.0. The van der Waals surface area contributed by atoms with Crippen molar-refractivity contribution in [3.63, 3.8) is 0 Å². The molecule has 0 aliphatic heterocycles. The number of rotatable bonds is 6. The first-order valence-electron chi connectivity index (χ1n) is 6.94. The summed E-state index contributed by atoms with van der Waals surface area (Å²) >= 11 is 0. The average molecular weight is 290 g/mol. The van der Waals surface area contributed by atoms with E-state index in [1.807, 2.05) is 0 Å². The number of hydrogen-bond donors (Lipinski definition) is 3. The van der Waals surface area contributed by atoms with Gasteiger partial charge >= 0.3 is 0 Å². The van der Waals surface area contributed by atoms with E-state index in [4.69, 9.17) is 5.73 Å². The summed E-state index contributed by atoms with van der Waals surface area (Å²) in [7, 11) is 0. The van der Waals surface area contributed by atoms with Crippen LogP contribution in [0.5, 0.6) is 0 Å². The van der Waals surface area contributed by atoms with E-state index in [0.717, 1.165) is 31.7 Å². The van der Waals surface area contributed by atoms with Crippen molar-refractivity contribution in [3.05, 3.63) is 0 Å². The average Bonchev–Trinajstić information content (AvgIpc) is 3.13. The van der Waals surface area contributed by atoms with Gasteiger partial charge in [0.25, 0.3) is 0 Å². The molecule has 110 valence electrons. The molecule has 0 aromatic rings. The molecule has 2 atom stereocenters. The van der Waals surface area contributed by atoms with Gasteiger partial charge in [-0.2, -0.15) is 0 Å². The summed E-state index contributed by atoms with van der Waals surface area (Å²) in [5.74, 6) is 0.516. The largest absolute Gasteiger partial charge is 0.369 e. The van der Waals surface area contributed by atoms with Crippen LogP contribution in [0.3, 0.4) is 0 Å². The van der Waals surface area contributed by atoms with E-state index in [2.05, 4.69) is 10.6 Å². The lowest BCUT2D eigenvalue weighted by molar-refractivity contribution is -0.125. The summed E-state index contributed by atoms with van der Waals surface area (Å²) in [6.45, 7) is 1.33. The van der Waals surface area contributed by atoms with Gasteiger partial charge in [-0.15, -0.1) is 12.4 Å². The molecule has 0 bridgehead atoms. The fraction of sp³-hybridized carbons (Fsp3) is 0.846. The fourth-order valence-electron chi connectivity index (χ4n) is 2.57. The predicted molar refractivity (Wildman–Crippen MR) is 75.9 cm³/mol. The Balaban J connectivity index is 0.00000180. The molecule has 2 saturated carbocycles. The minimum Gasteiger partial charge on any atom is -0.369 e. The molecule has 2 unspecified atom stereocenters. The number of hydrogen-bond acceptors (Lipinski definition) is 3. The maximum atomic E-state index is 11.7. The van der Waals surface area contributed by atoms with Gasteiger partial charge < -0.3 is 16.4 Å². The molecule has 2 fully saturated rings. The quantitative estimate of drug-likeness (QED) is 0.668. The van der Waals surface area contributed by atoms with Crippen molar-refractivity contribution >= 4 is 24.2 Å². The maximum absolute atomic E-state index is 11.7. The molecule has 2 amide bonds. The van der Waals surface area contributed by atoms with Crippen LogP contribution in [0.2, 0.25) is 0 Å². The molecule has 0 spiro atoms. The third kappa shape index (κ3) is 5.78. The van der Waals surface area contributed by atoms with Crippen LogP contribution >= 0.6 is 12.4 Å². The van der Waals surface area contributed by atoms with Crippen molar-refractivity contribution in [2.75, 3.05) is 13.1 Å².